The van der Waals surface area contributed by atoms with Gasteiger partial charge in [0.2, 0.25) is 0 Å². The molecule has 214 valence electrons. The number of unbranched alkanes of at least 4 members (excludes halogenated alkanes) is 6. The molecular formula is C26H59AlCl4NiP2. The van der Waals surface area contributed by atoms with Crippen LogP contribution in [-0.2, 0) is 12.7 Å². The second-order valence-electron chi connectivity index (χ2n) is 8.26. The predicted octanol–water partition coefficient (Wildman–Crippen LogP) is 5.71. The third-order valence-corrected chi connectivity index (χ3v) is 10.7. The summed E-state index contributed by atoms with van der Waals surface area (Å²) in [4.78, 5) is 0. The van der Waals surface area contributed by atoms with Crippen molar-refractivity contribution in [3.8, 4) is 0 Å². The van der Waals surface area contributed by atoms with E-state index in [1.807, 2.05) is 0 Å². The molecule has 0 aromatic carbocycles. The van der Waals surface area contributed by atoms with Gasteiger partial charge in [-0.3, -0.25) is 0 Å². The summed E-state index contributed by atoms with van der Waals surface area (Å²) in [5, 5.41) is 1.17. The van der Waals surface area contributed by atoms with Crippen molar-refractivity contribution in [2.75, 3.05) is 37.0 Å². The number of halogens is 4. The van der Waals surface area contributed by atoms with Crippen LogP contribution in [0.25, 0.3) is 0 Å². The van der Waals surface area contributed by atoms with Crippen LogP contribution >= 0.6 is 36.2 Å². The van der Waals surface area contributed by atoms with Gasteiger partial charge in [-0.2, -0.15) is 0 Å². The minimum atomic E-state index is 0. The molecule has 0 fully saturated rings. The summed E-state index contributed by atoms with van der Waals surface area (Å²) >= 11 is 3.15. The predicted molar refractivity (Wildman–Crippen MR) is 160 cm³/mol. The van der Waals surface area contributed by atoms with Crippen LogP contribution in [0.3, 0.4) is 0 Å². The molecule has 0 aromatic rings. The Bertz CT molecular complexity index is 221. The molecule has 0 aliphatic carbocycles. The molecule has 0 bridgehead atoms. The summed E-state index contributed by atoms with van der Waals surface area (Å²) in [6.45, 7) is 16.0. The van der Waals surface area contributed by atoms with Crippen LogP contribution in [0.15, 0.2) is 0 Å². The summed E-state index contributed by atoms with van der Waals surface area (Å²) in [6.07, 6.45) is 26.4. The molecule has 0 atom stereocenters. The van der Waals surface area contributed by atoms with E-state index in [9.17, 15) is 0 Å². The van der Waals surface area contributed by atoms with Gasteiger partial charge in [-0.15, -0.1) is 15.8 Å². The van der Waals surface area contributed by atoms with E-state index in [-0.39, 0.29) is 24.8 Å². The van der Waals surface area contributed by atoms with Crippen LogP contribution in [-0.4, -0.2) is 53.3 Å². The third-order valence-electron chi connectivity index (χ3n) is 4.97. The van der Waals surface area contributed by atoms with E-state index >= 15 is 0 Å². The van der Waals surface area contributed by atoms with Gasteiger partial charge in [-0.1, -0.05) is 80.1 Å². The van der Waals surface area contributed by atoms with Crippen LogP contribution in [0.2, 0.25) is 5.28 Å². The van der Waals surface area contributed by atoms with Crippen molar-refractivity contribution in [2.24, 2.45) is 0 Å². The molecule has 0 radical (unpaired) electrons. The van der Waals surface area contributed by atoms with E-state index in [0.29, 0.717) is 28.5 Å². The van der Waals surface area contributed by atoms with Gasteiger partial charge in [0.05, 0.1) is 0 Å². The molecule has 0 heterocycles. The Morgan fingerprint density at radius 3 is 0.676 bits per heavy atom. The fourth-order valence-corrected chi connectivity index (χ4v) is 8.88. The van der Waals surface area contributed by atoms with Crippen molar-refractivity contribution < 1.29 is 37.5 Å². The summed E-state index contributed by atoms with van der Waals surface area (Å²) in [5.41, 5.74) is 0. The molecule has 0 saturated carbocycles. The number of hydrogen-bond acceptors (Lipinski definition) is 0. The van der Waals surface area contributed by atoms with Gasteiger partial charge in [0.25, 0.3) is 0 Å². The third kappa shape index (κ3) is 55.5. The number of hydrogen-bond donors (Lipinski definition) is 0. The Kier molecular flexibility index (Phi) is 77.1. The van der Waals surface area contributed by atoms with Crippen LogP contribution in [0, 0.1) is 0 Å². The first-order chi connectivity index (χ1) is 15.5. The monoisotopic (exact) mass is 658 g/mol. The van der Waals surface area contributed by atoms with Gasteiger partial charge in [0.15, 0.2) is 0 Å². The molecule has 0 saturated heterocycles. The first-order valence-electron chi connectivity index (χ1n) is 13.5. The first kappa shape index (κ1) is 49.9. The molecule has 34 heavy (non-hydrogen) atoms. The van der Waals surface area contributed by atoms with Crippen molar-refractivity contribution in [1.82, 2.24) is 0 Å². The minimum absolute atomic E-state index is 0. The quantitative estimate of drug-likeness (QED) is 0.131. The van der Waals surface area contributed by atoms with E-state index in [2.05, 4.69) is 64.8 Å². The Morgan fingerprint density at radius 1 is 0.471 bits per heavy atom. The van der Waals surface area contributed by atoms with Crippen LogP contribution < -0.4 is 24.8 Å². The van der Waals surface area contributed by atoms with Crippen molar-refractivity contribution in [3.05, 3.63) is 0 Å². The Labute approximate surface area is 255 Å². The second kappa shape index (κ2) is 52.5. The fourth-order valence-electron chi connectivity index (χ4n) is 2.96. The molecule has 0 aromatic heterocycles. The van der Waals surface area contributed by atoms with Gasteiger partial charge in [-0.25, -0.2) is 0 Å². The summed E-state index contributed by atoms with van der Waals surface area (Å²) < 4.78 is 0. The molecule has 0 N–H and O–H groups in total. The first-order valence-corrected chi connectivity index (χ1v) is 20.8. The van der Waals surface area contributed by atoms with Gasteiger partial charge < -0.3 is 24.8 Å². The number of rotatable bonds is 18. The van der Waals surface area contributed by atoms with Crippen molar-refractivity contribution in [1.29, 1.82) is 0 Å². The van der Waals surface area contributed by atoms with E-state index in [0.717, 1.165) is 0 Å². The zero-order chi connectivity index (χ0) is 25.3. The standard InChI is InChI=1S/2C12H27P.C2H5.Al.4ClH.Ni/c2*1-4-7-10-13(11-8-5-2)12-9-6-3;1-2;;;;;;/h2*4-12H2,1-3H3;1H2,2H3;;4*1H;/q;;;+2;;;;;+2/p-4. The van der Waals surface area contributed by atoms with Crippen molar-refractivity contribution in [2.45, 2.75) is 131 Å². The van der Waals surface area contributed by atoms with Crippen LogP contribution in [0.5, 0.6) is 0 Å². The molecule has 0 aliphatic heterocycles. The Morgan fingerprint density at radius 2 is 0.588 bits per heavy atom. The van der Waals surface area contributed by atoms with Gasteiger partial charge >= 0.3 is 61.5 Å². The maximum atomic E-state index is 4.70. The van der Waals surface area contributed by atoms with E-state index in [4.69, 9.17) is 20.4 Å². The molecule has 0 spiro atoms. The van der Waals surface area contributed by atoms with Crippen molar-refractivity contribution >= 4 is 52.5 Å². The normalized spacial score (nSPS) is 9.68. The maximum absolute atomic E-state index is 4.70. The van der Waals surface area contributed by atoms with Gasteiger partial charge in [0.1, 0.15) is 0 Å². The average Bonchev–Trinajstić information content (AvgIpc) is 2.79. The average molecular weight is 661 g/mol. The molecule has 0 unspecified atom stereocenters. The topological polar surface area (TPSA) is 0 Å². The van der Waals surface area contributed by atoms with E-state index in [1.165, 1.54) is 82.3 Å². The zero-order valence-electron chi connectivity index (χ0n) is 23.7. The fraction of sp³-hybridized carbons (Fsp3) is 1.00. The molecule has 0 nitrogen and oxygen atoms in total. The Hall–Kier alpha value is 3.05. The second-order valence-corrected chi connectivity index (χ2v) is 16.1. The molecule has 0 aliphatic rings. The molecular weight excluding hydrogens is 602 g/mol. The molecule has 8 heteroatoms. The van der Waals surface area contributed by atoms with E-state index < -0.39 is 0 Å². The SMILES string of the molecule is CCCCP(CCCC)CCCC.CCCCP(CCCC)CCCC.C[CH2][Al+2].[Cl-].[Cl-].[Cl][Ni][Cl]. The zero-order valence-corrected chi connectivity index (χ0v) is 30.7. The van der Waals surface area contributed by atoms with Gasteiger partial charge in [0, 0.05) is 0 Å². The summed E-state index contributed by atoms with van der Waals surface area (Å²) in [6, 6.07) is 0. The molecule has 0 amide bonds. The van der Waals surface area contributed by atoms with Crippen molar-refractivity contribution in [3.63, 3.8) is 0 Å². The van der Waals surface area contributed by atoms with Crippen LogP contribution in [0.1, 0.15) is 126 Å². The van der Waals surface area contributed by atoms with Crippen LogP contribution in [0.4, 0.5) is 0 Å². The Balaban J connectivity index is -0.0000000890. The van der Waals surface area contributed by atoms with Gasteiger partial charge in [-0.05, 0) is 75.5 Å². The molecule has 0 rings (SSSR count). The summed E-state index contributed by atoms with van der Waals surface area (Å²) in [5.74, 6) is 0. The van der Waals surface area contributed by atoms with E-state index in [1.54, 1.807) is 37.0 Å². The summed E-state index contributed by atoms with van der Waals surface area (Å²) in [7, 11) is 10.2.